The minimum absolute atomic E-state index is 0.443. The Morgan fingerprint density at radius 3 is 2.25 bits per heavy atom. The van der Waals surface area contributed by atoms with Gasteiger partial charge >= 0.3 is 0 Å². The normalized spacial score (nSPS) is 11.1. The summed E-state index contributed by atoms with van der Waals surface area (Å²) >= 11 is 12.1. The van der Waals surface area contributed by atoms with Crippen LogP contribution in [0.25, 0.3) is 0 Å². The number of halogens is 2. The van der Waals surface area contributed by atoms with Gasteiger partial charge in [0, 0.05) is 13.1 Å². The largest absolute Gasteiger partial charge is 0.396 e. The van der Waals surface area contributed by atoms with E-state index in [1.54, 1.807) is 0 Å². The van der Waals surface area contributed by atoms with Crippen LogP contribution in [0.3, 0.4) is 0 Å². The number of hydrogen-bond acceptors (Lipinski definition) is 2. The van der Waals surface area contributed by atoms with E-state index >= 15 is 0 Å². The quantitative estimate of drug-likeness (QED) is 0.842. The van der Waals surface area contributed by atoms with Crippen LogP contribution < -0.4 is 5.73 Å². The van der Waals surface area contributed by atoms with E-state index in [-0.39, 0.29) is 0 Å². The third-order valence-electron chi connectivity index (χ3n) is 3.29. The molecule has 2 aromatic carbocycles. The maximum Gasteiger partial charge on any atom is 0.0693 e. The first-order valence-corrected chi connectivity index (χ1v) is 7.19. The first-order chi connectivity index (χ1) is 9.47. The van der Waals surface area contributed by atoms with Crippen molar-refractivity contribution >= 4 is 28.9 Å². The molecule has 4 heteroatoms. The van der Waals surface area contributed by atoms with Crippen molar-refractivity contribution in [3.63, 3.8) is 0 Å². The van der Waals surface area contributed by atoms with Crippen LogP contribution in [0.15, 0.2) is 36.4 Å². The van der Waals surface area contributed by atoms with Gasteiger partial charge in [-0.3, -0.25) is 4.90 Å². The molecule has 0 saturated carbocycles. The van der Waals surface area contributed by atoms with Gasteiger partial charge in [-0.1, -0.05) is 47.5 Å². The van der Waals surface area contributed by atoms with Crippen LogP contribution in [0.4, 0.5) is 5.69 Å². The Morgan fingerprint density at radius 1 is 1.05 bits per heavy atom. The number of aryl methyl sites for hydroxylation is 1. The van der Waals surface area contributed by atoms with Crippen LogP contribution in [-0.4, -0.2) is 11.9 Å². The van der Waals surface area contributed by atoms with E-state index < -0.39 is 0 Å². The molecule has 20 heavy (non-hydrogen) atoms. The summed E-state index contributed by atoms with van der Waals surface area (Å²) in [6.07, 6.45) is 0. The minimum Gasteiger partial charge on any atom is -0.396 e. The van der Waals surface area contributed by atoms with Crippen LogP contribution in [0.1, 0.15) is 16.7 Å². The smallest absolute Gasteiger partial charge is 0.0693 e. The molecule has 0 spiro atoms. The maximum absolute atomic E-state index is 6.06. The fraction of sp³-hybridized carbons (Fsp3) is 0.250. The Morgan fingerprint density at radius 2 is 1.65 bits per heavy atom. The van der Waals surface area contributed by atoms with Crippen molar-refractivity contribution in [2.45, 2.75) is 20.0 Å². The van der Waals surface area contributed by atoms with E-state index in [1.165, 1.54) is 11.1 Å². The van der Waals surface area contributed by atoms with Crippen molar-refractivity contribution in [2.24, 2.45) is 0 Å². The highest BCUT2D eigenvalue weighted by Crippen LogP contribution is 2.29. The summed E-state index contributed by atoms with van der Waals surface area (Å²) in [6.45, 7) is 3.78. The Hall–Kier alpha value is -1.22. The third kappa shape index (κ3) is 3.66. The molecule has 0 bridgehead atoms. The lowest BCUT2D eigenvalue weighted by molar-refractivity contribution is 0.318. The average molecular weight is 309 g/mol. The lowest BCUT2D eigenvalue weighted by atomic mass is 10.1. The second-order valence-corrected chi connectivity index (χ2v) is 5.89. The second kappa shape index (κ2) is 6.49. The molecule has 2 nitrogen and oxygen atoms in total. The standard InChI is InChI=1S/C16H18Cl2N2/c1-11-5-3-4-6-13(11)10-20(2)9-12-7-14(17)16(19)15(18)8-12/h3-8H,9-10,19H2,1-2H3. The van der Waals surface area contributed by atoms with Gasteiger partial charge in [-0.15, -0.1) is 0 Å². The summed E-state index contributed by atoms with van der Waals surface area (Å²) in [5.41, 5.74) is 9.87. The van der Waals surface area contributed by atoms with Gasteiger partial charge in [0.2, 0.25) is 0 Å². The van der Waals surface area contributed by atoms with Crippen molar-refractivity contribution in [3.8, 4) is 0 Å². The van der Waals surface area contributed by atoms with E-state index in [0.717, 1.165) is 18.7 Å². The van der Waals surface area contributed by atoms with Gasteiger partial charge in [-0.05, 0) is 42.8 Å². The van der Waals surface area contributed by atoms with Crippen LogP contribution >= 0.6 is 23.2 Å². The maximum atomic E-state index is 6.06. The molecule has 2 rings (SSSR count). The number of rotatable bonds is 4. The SMILES string of the molecule is Cc1ccccc1CN(C)Cc1cc(Cl)c(N)c(Cl)c1. The lowest BCUT2D eigenvalue weighted by Gasteiger charge is -2.18. The van der Waals surface area contributed by atoms with Crippen molar-refractivity contribution in [3.05, 3.63) is 63.1 Å². The molecule has 2 aromatic rings. The zero-order valence-corrected chi connectivity index (χ0v) is 13.2. The fourth-order valence-corrected chi connectivity index (χ4v) is 2.71. The first-order valence-electron chi connectivity index (χ1n) is 6.44. The molecular weight excluding hydrogens is 291 g/mol. The molecule has 0 aromatic heterocycles. The van der Waals surface area contributed by atoms with Crippen molar-refractivity contribution in [1.29, 1.82) is 0 Å². The van der Waals surface area contributed by atoms with Crippen molar-refractivity contribution < 1.29 is 0 Å². The molecule has 0 atom stereocenters. The van der Waals surface area contributed by atoms with Gasteiger partial charge in [0.15, 0.2) is 0 Å². The number of anilines is 1. The summed E-state index contributed by atoms with van der Waals surface area (Å²) in [5, 5.41) is 1.02. The van der Waals surface area contributed by atoms with E-state index in [1.807, 2.05) is 12.1 Å². The number of nitrogen functional groups attached to an aromatic ring is 1. The molecule has 0 saturated heterocycles. The van der Waals surface area contributed by atoms with Gasteiger partial charge in [0.1, 0.15) is 0 Å². The molecule has 106 valence electrons. The van der Waals surface area contributed by atoms with E-state index in [0.29, 0.717) is 15.7 Å². The number of benzene rings is 2. The molecule has 0 unspecified atom stereocenters. The number of nitrogens with two attached hydrogens (primary N) is 1. The van der Waals surface area contributed by atoms with E-state index in [2.05, 4.69) is 43.1 Å². The topological polar surface area (TPSA) is 29.3 Å². The van der Waals surface area contributed by atoms with Crippen LogP contribution in [0.2, 0.25) is 10.0 Å². The molecule has 0 aliphatic heterocycles. The first kappa shape index (κ1) is 15.2. The Kier molecular flexibility index (Phi) is 4.92. The van der Waals surface area contributed by atoms with Crippen LogP contribution in [0, 0.1) is 6.92 Å². The zero-order valence-electron chi connectivity index (χ0n) is 11.7. The van der Waals surface area contributed by atoms with Crippen molar-refractivity contribution in [1.82, 2.24) is 4.90 Å². The molecular formula is C16H18Cl2N2. The highest BCUT2D eigenvalue weighted by molar-refractivity contribution is 6.38. The Balaban J connectivity index is 2.09. The molecule has 0 aliphatic carbocycles. The van der Waals surface area contributed by atoms with Crippen LogP contribution in [-0.2, 0) is 13.1 Å². The predicted molar refractivity (Wildman–Crippen MR) is 87.2 cm³/mol. The minimum atomic E-state index is 0.443. The molecule has 0 radical (unpaired) electrons. The highest BCUT2D eigenvalue weighted by atomic mass is 35.5. The van der Waals surface area contributed by atoms with Gasteiger partial charge in [0.05, 0.1) is 15.7 Å². The zero-order chi connectivity index (χ0) is 14.7. The van der Waals surface area contributed by atoms with E-state index in [9.17, 15) is 0 Å². The Bertz CT molecular complexity index is 588. The van der Waals surface area contributed by atoms with Gasteiger partial charge in [-0.25, -0.2) is 0 Å². The number of nitrogens with zero attached hydrogens (tertiary/aromatic N) is 1. The van der Waals surface area contributed by atoms with Gasteiger partial charge < -0.3 is 5.73 Å². The third-order valence-corrected chi connectivity index (χ3v) is 3.92. The lowest BCUT2D eigenvalue weighted by Crippen LogP contribution is -2.18. The fourth-order valence-electron chi connectivity index (χ4n) is 2.17. The monoisotopic (exact) mass is 308 g/mol. The highest BCUT2D eigenvalue weighted by Gasteiger charge is 2.08. The summed E-state index contributed by atoms with van der Waals surface area (Å²) in [5.74, 6) is 0. The second-order valence-electron chi connectivity index (χ2n) is 5.07. The van der Waals surface area contributed by atoms with E-state index in [4.69, 9.17) is 28.9 Å². The predicted octanol–water partition coefficient (Wildman–Crippen LogP) is 4.52. The summed E-state index contributed by atoms with van der Waals surface area (Å²) in [4.78, 5) is 2.22. The Labute approximate surface area is 130 Å². The van der Waals surface area contributed by atoms with Crippen LogP contribution in [0.5, 0.6) is 0 Å². The van der Waals surface area contributed by atoms with Gasteiger partial charge in [-0.2, -0.15) is 0 Å². The number of hydrogen-bond donors (Lipinski definition) is 1. The summed E-state index contributed by atoms with van der Waals surface area (Å²) in [6, 6.07) is 12.1. The van der Waals surface area contributed by atoms with Gasteiger partial charge in [0.25, 0.3) is 0 Å². The summed E-state index contributed by atoms with van der Waals surface area (Å²) in [7, 11) is 2.07. The molecule has 0 heterocycles. The molecule has 0 aliphatic rings. The average Bonchev–Trinajstić information content (AvgIpc) is 2.38. The van der Waals surface area contributed by atoms with Crippen molar-refractivity contribution in [2.75, 3.05) is 12.8 Å². The molecule has 2 N–H and O–H groups in total. The summed E-state index contributed by atoms with van der Waals surface area (Å²) < 4.78 is 0. The molecule has 0 fully saturated rings. The molecule has 0 amide bonds.